The molecule has 0 radical (unpaired) electrons. The first-order chi connectivity index (χ1) is 8.01. The van der Waals surface area contributed by atoms with Crippen LogP contribution < -0.4 is 9.47 Å². The van der Waals surface area contributed by atoms with E-state index >= 15 is 0 Å². The lowest BCUT2D eigenvalue weighted by molar-refractivity contribution is 0.209. The van der Waals surface area contributed by atoms with E-state index in [1.165, 1.54) is 0 Å². The first kappa shape index (κ1) is 12.2. The normalized spacial score (nSPS) is 11.5. The Bertz CT molecular complexity index is 529. The third-order valence-corrected chi connectivity index (χ3v) is 2.55. The molecule has 1 unspecified atom stereocenters. The van der Waals surface area contributed by atoms with Gasteiger partial charge in [0.15, 0.2) is 0 Å². The Morgan fingerprint density at radius 2 is 1.47 bits per heavy atom. The number of hydrogen-bond donors (Lipinski definition) is 0. The van der Waals surface area contributed by atoms with Gasteiger partial charge in [-0.2, -0.15) is 0 Å². The molecule has 0 aromatic heterocycles. The average Bonchev–Trinajstić information content (AvgIpc) is 2.28. The van der Waals surface area contributed by atoms with Crippen LogP contribution in [0.3, 0.4) is 0 Å². The van der Waals surface area contributed by atoms with Gasteiger partial charge in [0.2, 0.25) is 0 Å². The summed E-state index contributed by atoms with van der Waals surface area (Å²) in [6, 6.07) is 12.0. The van der Waals surface area contributed by atoms with Crippen LogP contribution in [-0.2, 0) is 0 Å². The monoisotopic (exact) mass is 248 g/mol. The molecule has 0 aliphatic heterocycles. The predicted molar refractivity (Wildman–Crippen MR) is 74.9 cm³/mol. The second-order valence-electron chi connectivity index (χ2n) is 4.52. The van der Waals surface area contributed by atoms with E-state index in [2.05, 4.69) is 9.24 Å². The summed E-state index contributed by atoms with van der Waals surface area (Å²) in [4.78, 5) is 0. The second-order valence-corrected chi connectivity index (χ2v) is 5.91. The van der Waals surface area contributed by atoms with E-state index in [-0.39, 0.29) is 5.34 Å². The first-order valence-electron chi connectivity index (χ1n) is 5.55. The molecule has 17 heavy (non-hydrogen) atoms. The molecule has 0 amide bonds. The highest BCUT2D eigenvalue weighted by atomic mass is 31.0. The number of methoxy groups -OCH3 is 1. The summed E-state index contributed by atoms with van der Waals surface area (Å²) in [6.07, 6.45) is 0. The van der Waals surface area contributed by atoms with Crippen molar-refractivity contribution in [3.63, 3.8) is 0 Å². The maximum absolute atomic E-state index is 5.92. The van der Waals surface area contributed by atoms with Gasteiger partial charge >= 0.3 is 0 Å². The lowest BCUT2D eigenvalue weighted by Crippen LogP contribution is -2.18. The van der Waals surface area contributed by atoms with Crippen LogP contribution in [0, 0.1) is 0 Å². The van der Waals surface area contributed by atoms with Gasteiger partial charge in [-0.25, -0.2) is 0 Å². The predicted octanol–water partition coefficient (Wildman–Crippen LogP) is 3.84. The minimum Gasteiger partial charge on any atom is -0.496 e. The molecule has 0 bridgehead atoms. The number of benzene rings is 2. The van der Waals surface area contributed by atoms with Crippen molar-refractivity contribution in [2.75, 3.05) is 7.11 Å². The van der Waals surface area contributed by atoms with Gasteiger partial charge < -0.3 is 9.47 Å². The zero-order valence-electron chi connectivity index (χ0n) is 10.4. The fraction of sp³-hybridized carbons (Fsp3) is 0.286. The molecular weight excluding hydrogens is 231 g/mol. The number of fused-ring (bicyclic) bond motifs is 1. The summed E-state index contributed by atoms with van der Waals surface area (Å²) in [7, 11) is 4.37. The SMILES string of the molecule is COc1ccc(OC(C)(C)P)c2ccccc12. The van der Waals surface area contributed by atoms with E-state index in [4.69, 9.17) is 9.47 Å². The highest BCUT2D eigenvalue weighted by Gasteiger charge is 2.15. The van der Waals surface area contributed by atoms with Gasteiger partial charge in [-0.05, 0) is 26.0 Å². The fourth-order valence-electron chi connectivity index (χ4n) is 1.79. The maximum Gasteiger partial charge on any atom is 0.128 e. The Balaban J connectivity index is 2.59. The Morgan fingerprint density at radius 3 is 2.00 bits per heavy atom. The number of rotatable bonds is 3. The molecule has 2 aromatic rings. The molecule has 0 heterocycles. The first-order valence-corrected chi connectivity index (χ1v) is 6.12. The average molecular weight is 248 g/mol. The molecular formula is C14H17O2P. The van der Waals surface area contributed by atoms with Crippen LogP contribution in [0.5, 0.6) is 11.5 Å². The van der Waals surface area contributed by atoms with Crippen molar-refractivity contribution in [2.24, 2.45) is 0 Å². The molecule has 0 saturated heterocycles. The van der Waals surface area contributed by atoms with Gasteiger partial charge in [0, 0.05) is 10.8 Å². The molecule has 2 nitrogen and oxygen atoms in total. The van der Waals surface area contributed by atoms with Crippen molar-refractivity contribution in [3.05, 3.63) is 36.4 Å². The van der Waals surface area contributed by atoms with Gasteiger partial charge in [-0.15, -0.1) is 0 Å². The number of hydrogen-bond acceptors (Lipinski definition) is 2. The molecule has 2 rings (SSSR count). The lowest BCUT2D eigenvalue weighted by atomic mass is 10.1. The van der Waals surface area contributed by atoms with Gasteiger partial charge in [0.25, 0.3) is 0 Å². The largest absolute Gasteiger partial charge is 0.496 e. The van der Waals surface area contributed by atoms with Crippen molar-refractivity contribution in [2.45, 2.75) is 19.2 Å². The molecule has 0 N–H and O–H groups in total. The van der Waals surface area contributed by atoms with E-state index in [0.29, 0.717) is 0 Å². The van der Waals surface area contributed by atoms with Crippen molar-refractivity contribution in [3.8, 4) is 11.5 Å². The highest BCUT2D eigenvalue weighted by Crippen LogP contribution is 2.35. The maximum atomic E-state index is 5.92. The molecule has 0 aliphatic rings. The van der Waals surface area contributed by atoms with E-state index in [1.54, 1.807) is 7.11 Å². The summed E-state index contributed by atoms with van der Waals surface area (Å²) in [6.45, 7) is 4.02. The summed E-state index contributed by atoms with van der Waals surface area (Å²) in [5.41, 5.74) is 0. The standard InChI is InChI=1S/C14H17O2P/c1-14(2,17)16-13-9-8-12(15-3)10-6-4-5-7-11(10)13/h4-9H,17H2,1-3H3. The quantitative estimate of drug-likeness (QED) is 0.768. The van der Waals surface area contributed by atoms with E-state index in [9.17, 15) is 0 Å². The van der Waals surface area contributed by atoms with E-state index < -0.39 is 0 Å². The van der Waals surface area contributed by atoms with E-state index in [1.807, 2.05) is 50.2 Å². The molecule has 0 fully saturated rings. The third-order valence-electron chi connectivity index (χ3n) is 2.44. The molecule has 90 valence electrons. The van der Waals surface area contributed by atoms with Crippen molar-refractivity contribution in [1.29, 1.82) is 0 Å². The Labute approximate surface area is 104 Å². The Kier molecular flexibility index (Phi) is 3.26. The van der Waals surface area contributed by atoms with E-state index in [0.717, 1.165) is 22.3 Å². The molecule has 1 atom stereocenters. The van der Waals surface area contributed by atoms with Crippen LogP contribution in [-0.4, -0.2) is 12.5 Å². The van der Waals surface area contributed by atoms with Gasteiger partial charge in [0.1, 0.15) is 16.8 Å². The summed E-state index contributed by atoms with van der Waals surface area (Å²) in [5, 5.41) is 1.86. The van der Waals surface area contributed by atoms with Crippen LogP contribution in [0.4, 0.5) is 0 Å². The topological polar surface area (TPSA) is 18.5 Å². The molecule has 0 spiro atoms. The summed E-state index contributed by atoms with van der Waals surface area (Å²) < 4.78 is 11.3. The van der Waals surface area contributed by atoms with Crippen LogP contribution >= 0.6 is 9.24 Å². The lowest BCUT2D eigenvalue weighted by Gasteiger charge is -2.22. The number of ether oxygens (including phenoxy) is 2. The van der Waals surface area contributed by atoms with Crippen LogP contribution in [0.1, 0.15) is 13.8 Å². The minimum atomic E-state index is -0.280. The third kappa shape index (κ3) is 2.70. The van der Waals surface area contributed by atoms with Crippen molar-refractivity contribution in [1.82, 2.24) is 0 Å². The summed E-state index contributed by atoms with van der Waals surface area (Å²) >= 11 is 0. The molecule has 0 aliphatic carbocycles. The Morgan fingerprint density at radius 1 is 0.941 bits per heavy atom. The van der Waals surface area contributed by atoms with Crippen LogP contribution in [0.25, 0.3) is 10.8 Å². The zero-order chi connectivity index (χ0) is 12.5. The van der Waals surface area contributed by atoms with Gasteiger partial charge in [-0.1, -0.05) is 33.5 Å². The zero-order valence-corrected chi connectivity index (χ0v) is 11.5. The van der Waals surface area contributed by atoms with Crippen molar-refractivity contribution >= 4 is 20.0 Å². The molecule has 2 aromatic carbocycles. The smallest absolute Gasteiger partial charge is 0.128 e. The second kappa shape index (κ2) is 4.54. The van der Waals surface area contributed by atoms with Crippen LogP contribution in [0.15, 0.2) is 36.4 Å². The van der Waals surface area contributed by atoms with Gasteiger partial charge in [-0.3, -0.25) is 0 Å². The highest BCUT2D eigenvalue weighted by molar-refractivity contribution is 7.18. The summed E-state index contributed by atoms with van der Waals surface area (Å²) in [5.74, 6) is 1.75. The minimum absolute atomic E-state index is 0.280. The van der Waals surface area contributed by atoms with Crippen molar-refractivity contribution < 1.29 is 9.47 Å². The molecule has 3 heteroatoms. The van der Waals surface area contributed by atoms with Gasteiger partial charge in [0.05, 0.1) is 7.11 Å². The molecule has 0 saturated carbocycles. The Hall–Kier alpha value is -1.27. The van der Waals surface area contributed by atoms with Crippen LogP contribution in [0.2, 0.25) is 0 Å². The fourth-order valence-corrected chi connectivity index (χ4v) is 1.92.